The molecule has 0 saturated carbocycles. The van der Waals surface area contributed by atoms with E-state index >= 15 is 0 Å². The minimum atomic E-state index is 0.145. The Labute approximate surface area is 116 Å². The van der Waals surface area contributed by atoms with Gasteiger partial charge in [-0.15, -0.1) is 0 Å². The van der Waals surface area contributed by atoms with Crippen LogP contribution in [-0.4, -0.2) is 38.1 Å². The number of likely N-dealkylation sites (N-methyl/N-ethyl adjacent to an activating group) is 1. The molecule has 100 valence electrons. The van der Waals surface area contributed by atoms with E-state index in [9.17, 15) is 0 Å². The number of hydrogen-bond acceptors (Lipinski definition) is 2. The van der Waals surface area contributed by atoms with Crippen molar-refractivity contribution >= 4 is 17.3 Å². The first-order valence-corrected chi connectivity index (χ1v) is 6.98. The molecule has 0 radical (unpaired) electrons. The van der Waals surface area contributed by atoms with Crippen molar-refractivity contribution in [3.05, 3.63) is 28.8 Å². The number of halogens is 1. The molecule has 2 rings (SSSR count). The summed E-state index contributed by atoms with van der Waals surface area (Å²) < 4.78 is 0. The lowest BCUT2D eigenvalue weighted by atomic mass is 9.87. The molecule has 0 spiro atoms. The maximum absolute atomic E-state index is 6.27. The summed E-state index contributed by atoms with van der Waals surface area (Å²) in [4.78, 5) is 4.80. The molecule has 1 aliphatic rings. The number of rotatable bonds is 1. The first kappa shape index (κ1) is 13.7. The minimum absolute atomic E-state index is 0.145. The van der Waals surface area contributed by atoms with Gasteiger partial charge in [-0.25, -0.2) is 0 Å². The van der Waals surface area contributed by atoms with Crippen molar-refractivity contribution in [1.82, 2.24) is 4.90 Å². The summed E-state index contributed by atoms with van der Waals surface area (Å²) >= 11 is 6.27. The first-order chi connectivity index (χ1) is 8.36. The Morgan fingerprint density at radius 1 is 1.00 bits per heavy atom. The van der Waals surface area contributed by atoms with Crippen LogP contribution in [0.5, 0.6) is 0 Å². The molecule has 1 aromatic rings. The normalized spacial score (nSPS) is 18.2. The molecule has 3 heteroatoms. The van der Waals surface area contributed by atoms with Crippen LogP contribution >= 0.6 is 11.6 Å². The predicted molar refractivity (Wildman–Crippen MR) is 79.9 cm³/mol. The monoisotopic (exact) mass is 266 g/mol. The number of hydrogen-bond donors (Lipinski definition) is 0. The largest absolute Gasteiger partial charge is 0.369 e. The highest BCUT2D eigenvalue weighted by Gasteiger charge is 2.19. The van der Waals surface area contributed by atoms with E-state index in [1.807, 2.05) is 0 Å². The molecule has 0 N–H and O–H groups in total. The summed E-state index contributed by atoms with van der Waals surface area (Å²) in [6.45, 7) is 11.1. The summed E-state index contributed by atoms with van der Waals surface area (Å²) in [6, 6.07) is 6.46. The lowest BCUT2D eigenvalue weighted by molar-refractivity contribution is 0.313. The third-order valence-corrected chi connectivity index (χ3v) is 3.84. The van der Waals surface area contributed by atoms with Crippen LogP contribution in [0.4, 0.5) is 5.69 Å². The summed E-state index contributed by atoms with van der Waals surface area (Å²) in [5, 5.41) is 0.844. The Kier molecular flexibility index (Phi) is 3.88. The Bertz CT molecular complexity index is 415. The SMILES string of the molecule is CN1CCN(c2cc(Cl)cc(C(C)(C)C)c2)CC1. The van der Waals surface area contributed by atoms with Crippen molar-refractivity contribution in [1.29, 1.82) is 0 Å². The van der Waals surface area contributed by atoms with Crippen LogP contribution in [0, 0.1) is 0 Å². The zero-order chi connectivity index (χ0) is 13.3. The molecule has 1 aliphatic heterocycles. The molecule has 2 nitrogen and oxygen atoms in total. The molecule has 1 saturated heterocycles. The standard InChI is InChI=1S/C15H23ClN2/c1-15(2,3)12-9-13(16)11-14(10-12)18-7-5-17(4)6-8-18/h9-11H,5-8H2,1-4H3. The van der Waals surface area contributed by atoms with Crippen molar-refractivity contribution in [2.75, 3.05) is 38.1 Å². The fourth-order valence-electron chi connectivity index (χ4n) is 2.25. The Morgan fingerprint density at radius 3 is 2.17 bits per heavy atom. The van der Waals surface area contributed by atoms with Gasteiger partial charge in [-0.3, -0.25) is 0 Å². The molecule has 0 aromatic heterocycles. The smallest absolute Gasteiger partial charge is 0.0429 e. The van der Waals surface area contributed by atoms with Crippen molar-refractivity contribution < 1.29 is 0 Å². The van der Waals surface area contributed by atoms with Gasteiger partial charge in [0.15, 0.2) is 0 Å². The van der Waals surface area contributed by atoms with Crippen molar-refractivity contribution in [2.24, 2.45) is 0 Å². The van der Waals surface area contributed by atoms with Crippen LogP contribution in [0.15, 0.2) is 18.2 Å². The molecule has 0 bridgehead atoms. The quantitative estimate of drug-likeness (QED) is 0.769. The van der Waals surface area contributed by atoms with Crippen molar-refractivity contribution in [3.8, 4) is 0 Å². The molecular weight excluding hydrogens is 244 g/mol. The molecule has 0 amide bonds. The fraction of sp³-hybridized carbons (Fsp3) is 0.600. The van der Waals surface area contributed by atoms with E-state index in [0.717, 1.165) is 31.2 Å². The average molecular weight is 267 g/mol. The van der Waals surface area contributed by atoms with Gasteiger partial charge in [-0.05, 0) is 36.2 Å². The minimum Gasteiger partial charge on any atom is -0.369 e. The van der Waals surface area contributed by atoms with Gasteiger partial charge >= 0.3 is 0 Å². The van der Waals surface area contributed by atoms with Gasteiger partial charge in [0.25, 0.3) is 0 Å². The highest BCUT2D eigenvalue weighted by molar-refractivity contribution is 6.31. The zero-order valence-corrected chi connectivity index (χ0v) is 12.6. The van der Waals surface area contributed by atoms with E-state index in [0.29, 0.717) is 0 Å². The number of piperazine rings is 1. The Morgan fingerprint density at radius 2 is 1.61 bits per heavy atom. The number of benzene rings is 1. The number of nitrogens with zero attached hydrogens (tertiary/aromatic N) is 2. The molecule has 0 unspecified atom stereocenters. The van der Waals surface area contributed by atoms with E-state index in [-0.39, 0.29) is 5.41 Å². The third kappa shape index (κ3) is 3.18. The topological polar surface area (TPSA) is 6.48 Å². The maximum Gasteiger partial charge on any atom is 0.0429 e. The summed E-state index contributed by atoms with van der Waals surface area (Å²) in [7, 11) is 2.18. The lowest BCUT2D eigenvalue weighted by Crippen LogP contribution is -2.44. The van der Waals surface area contributed by atoms with Gasteiger partial charge < -0.3 is 9.80 Å². The fourth-order valence-corrected chi connectivity index (χ4v) is 2.48. The van der Waals surface area contributed by atoms with E-state index in [1.165, 1.54) is 11.3 Å². The average Bonchev–Trinajstić information content (AvgIpc) is 2.28. The van der Waals surface area contributed by atoms with Crippen molar-refractivity contribution in [3.63, 3.8) is 0 Å². The van der Waals surface area contributed by atoms with Crippen LogP contribution < -0.4 is 4.90 Å². The van der Waals surface area contributed by atoms with Gasteiger partial charge in [-0.2, -0.15) is 0 Å². The van der Waals surface area contributed by atoms with Gasteiger partial charge in [0.1, 0.15) is 0 Å². The zero-order valence-electron chi connectivity index (χ0n) is 11.8. The molecule has 1 fully saturated rings. The van der Waals surface area contributed by atoms with Crippen LogP contribution in [0.1, 0.15) is 26.3 Å². The Balaban J connectivity index is 2.25. The van der Waals surface area contributed by atoms with Crippen molar-refractivity contribution in [2.45, 2.75) is 26.2 Å². The summed E-state index contributed by atoms with van der Waals surface area (Å²) in [5.74, 6) is 0. The first-order valence-electron chi connectivity index (χ1n) is 6.61. The van der Waals surface area contributed by atoms with E-state index < -0.39 is 0 Å². The van der Waals surface area contributed by atoms with E-state index in [2.05, 4.69) is 55.8 Å². The molecule has 1 heterocycles. The second kappa shape index (κ2) is 5.10. The van der Waals surface area contributed by atoms with Gasteiger partial charge in [0.2, 0.25) is 0 Å². The second-order valence-corrected chi connectivity index (χ2v) is 6.67. The van der Waals surface area contributed by atoms with Gasteiger partial charge in [-0.1, -0.05) is 32.4 Å². The lowest BCUT2D eigenvalue weighted by Gasteiger charge is -2.35. The highest BCUT2D eigenvalue weighted by atomic mass is 35.5. The third-order valence-electron chi connectivity index (χ3n) is 3.62. The maximum atomic E-state index is 6.27. The predicted octanol–water partition coefficient (Wildman–Crippen LogP) is 3.39. The Hall–Kier alpha value is -0.730. The van der Waals surface area contributed by atoms with Crippen LogP contribution in [0.3, 0.4) is 0 Å². The van der Waals surface area contributed by atoms with Crippen LogP contribution in [-0.2, 0) is 5.41 Å². The second-order valence-electron chi connectivity index (χ2n) is 6.24. The van der Waals surface area contributed by atoms with E-state index in [4.69, 9.17) is 11.6 Å². The molecular formula is C15H23ClN2. The van der Waals surface area contributed by atoms with Crippen LogP contribution in [0.2, 0.25) is 5.02 Å². The van der Waals surface area contributed by atoms with Gasteiger partial charge in [0.05, 0.1) is 0 Å². The highest BCUT2D eigenvalue weighted by Crippen LogP contribution is 2.30. The number of anilines is 1. The summed E-state index contributed by atoms with van der Waals surface area (Å²) in [6.07, 6.45) is 0. The van der Waals surface area contributed by atoms with Gasteiger partial charge in [0, 0.05) is 36.9 Å². The molecule has 0 aliphatic carbocycles. The van der Waals surface area contributed by atoms with Crippen LogP contribution in [0.25, 0.3) is 0 Å². The summed E-state index contributed by atoms with van der Waals surface area (Å²) in [5.41, 5.74) is 2.72. The molecule has 0 atom stereocenters. The van der Waals surface area contributed by atoms with E-state index in [1.54, 1.807) is 0 Å². The molecule has 18 heavy (non-hydrogen) atoms. The molecule has 1 aromatic carbocycles.